The number of aliphatic hydroxyl groups is 1. The lowest BCUT2D eigenvalue weighted by Gasteiger charge is -2.15. The number of hydrogen-bond donors (Lipinski definition) is 2. The summed E-state index contributed by atoms with van der Waals surface area (Å²) in [5, 5.41) is 14.2. The number of nitrogens with one attached hydrogen (secondary N) is 1. The molecule has 0 aliphatic carbocycles. The molecular formula is C22H27NO5. The molecule has 0 amide bonds. The van der Waals surface area contributed by atoms with Crippen molar-refractivity contribution < 1.29 is 19.0 Å². The van der Waals surface area contributed by atoms with Crippen LogP contribution in [0.5, 0.6) is 11.5 Å². The second-order valence-corrected chi connectivity index (χ2v) is 6.68. The van der Waals surface area contributed by atoms with Crippen LogP contribution in [0.4, 0.5) is 0 Å². The minimum Gasteiger partial charge on any atom is -0.493 e. The zero-order chi connectivity index (χ0) is 19.9. The Bertz CT molecular complexity index is 982. The molecule has 28 heavy (non-hydrogen) atoms. The maximum Gasteiger partial charge on any atom is 0.204 e. The fourth-order valence-corrected chi connectivity index (χ4v) is 3.04. The molecule has 1 unspecified atom stereocenters. The largest absolute Gasteiger partial charge is 0.493 e. The molecule has 0 bridgehead atoms. The first-order valence-electron chi connectivity index (χ1n) is 9.78. The molecule has 1 aromatic heterocycles. The van der Waals surface area contributed by atoms with E-state index in [0.717, 1.165) is 19.4 Å². The minimum absolute atomic E-state index is 0.132. The molecule has 6 heteroatoms. The lowest BCUT2D eigenvalue weighted by molar-refractivity contribution is 0.106. The zero-order valence-electron chi connectivity index (χ0n) is 16.4. The van der Waals surface area contributed by atoms with Gasteiger partial charge in [-0.15, -0.1) is 0 Å². The van der Waals surface area contributed by atoms with Gasteiger partial charge < -0.3 is 24.3 Å². The van der Waals surface area contributed by atoms with E-state index in [9.17, 15) is 9.90 Å². The van der Waals surface area contributed by atoms with Gasteiger partial charge in [-0.25, -0.2) is 0 Å². The normalized spacial score (nSPS) is 12.4. The van der Waals surface area contributed by atoms with Crippen LogP contribution < -0.4 is 20.2 Å². The van der Waals surface area contributed by atoms with Crippen molar-refractivity contribution in [1.82, 2.24) is 5.32 Å². The molecule has 1 atom stereocenters. The number of hydrogen-bond acceptors (Lipinski definition) is 6. The van der Waals surface area contributed by atoms with Crippen molar-refractivity contribution in [3.63, 3.8) is 0 Å². The number of unbranched alkanes of at least 4 members (excludes halogenated alkanes) is 1. The highest BCUT2D eigenvalue weighted by Crippen LogP contribution is 2.31. The maximum atomic E-state index is 12.9. The van der Waals surface area contributed by atoms with E-state index in [4.69, 9.17) is 13.9 Å². The second kappa shape index (κ2) is 9.57. The molecule has 3 rings (SSSR count). The van der Waals surface area contributed by atoms with Crippen LogP contribution in [-0.4, -0.2) is 37.5 Å². The molecule has 0 saturated heterocycles. The quantitative estimate of drug-likeness (QED) is 0.411. The summed E-state index contributed by atoms with van der Waals surface area (Å²) >= 11 is 0. The van der Waals surface area contributed by atoms with Crippen LogP contribution in [-0.2, 0) is 0 Å². The van der Waals surface area contributed by atoms with Gasteiger partial charge in [-0.1, -0.05) is 25.5 Å². The summed E-state index contributed by atoms with van der Waals surface area (Å²) in [6.45, 7) is 5.86. The van der Waals surface area contributed by atoms with E-state index >= 15 is 0 Å². The summed E-state index contributed by atoms with van der Waals surface area (Å²) in [5.74, 6) is 0.909. The Morgan fingerprint density at radius 2 is 1.96 bits per heavy atom. The Kier molecular flexibility index (Phi) is 6.90. The average molecular weight is 385 g/mol. The van der Waals surface area contributed by atoms with Crippen molar-refractivity contribution in [3.05, 3.63) is 46.6 Å². The first-order valence-corrected chi connectivity index (χ1v) is 9.78. The van der Waals surface area contributed by atoms with E-state index in [1.54, 1.807) is 30.3 Å². The van der Waals surface area contributed by atoms with Crippen molar-refractivity contribution in [2.45, 2.75) is 32.8 Å². The van der Waals surface area contributed by atoms with Gasteiger partial charge in [0.15, 0.2) is 0 Å². The van der Waals surface area contributed by atoms with E-state index in [1.807, 2.05) is 13.0 Å². The van der Waals surface area contributed by atoms with E-state index < -0.39 is 6.10 Å². The van der Waals surface area contributed by atoms with Crippen molar-refractivity contribution in [3.8, 4) is 11.5 Å². The molecule has 6 nitrogen and oxygen atoms in total. The standard InChI is InChI=1S/C22H27NO5/c1-3-5-10-23-13-15(24)14-27-16-11-19(26-4-2)21-20(12-16)28-18-9-7-6-8-17(18)22(21)25/h6-9,11-12,15,23-24H,3-5,10,13-14H2,1-2H3. The van der Waals surface area contributed by atoms with Crippen molar-refractivity contribution in [2.24, 2.45) is 0 Å². The van der Waals surface area contributed by atoms with E-state index in [-0.39, 0.29) is 12.0 Å². The predicted octanol–water partition coefficient (Wildman–Crippen LogP) is 3.47. The van der Waals surface area contributed by atoms with Crippen LogP contribution in [0.2, 0.25) is 0 Å². The van der Waals surface area contributed by atoms with Gasteiger partial charge in [0.2, 0.25) is 5.43 Å². The third-order valence-electron chi connectivity index (χ3n) is 4.45. The number of benzene rings is 2. The van der Waals surface area contributed by atoms with Gasteiger partial charge in [-0.3, -0.25) is 4.79 Å². The minimum atomic E-state index is -0.633. The molecular weight excluding hydrogens is 358 g/mol. The van der Waals surface area contributed by atoms with Gasteiger partial charge in [-0.2, -0.15) is 0 Å². The van der Waals surface area contributed by atoms with Crippen molar-refractivity contribution >= 4 is 21.9 Å². The Labute approximate surface area is 164 Å². The maximum absolute atomic E-state index is 12.9. The Morgan fingerprint density at radius 3 is 2.75 bits per heavy atom. The average Bonchev–Trinajstić information content (AvgIpc) is 2.70. The highest BCUT2D eigenvalue weighted by molar-refractivity contribution is 5.93. The zero-order valence-corrected chi connectivity index (χ0v) is 16.4. The van der Waals surface area contributed by atoms with Crippen LogP contribution >= 0.6 is 0 Å². The molecule has 0 aliphatic rings. The lowest BCUT2D eigenvalue weighted by Crippen LogP contribution is -2.31. The fraction of sp³-hybridized carbons (Fsp3) is 0.409. The van der Waals surface area contributed by atoms with E-state index in [1.165, 1.54) is 0 Å². The molecule has 3 aromatic rings. The van der Waals surface area contributed by atoms with Gasteiger partial charge in [0.05, 0.1) is 12.0 Å². The topological polar surface area (TPSA) is 80.9 Å². The van der Waals surface area contributed by atoms with Crippen LogP contribution in [0, 0.1) is 0 Å². The summed E-state index contributed by atoms with van der Waals surface area (Å²) in [6, 6.07) is 10.5. The molecule has 0 aliphatic heterocycles. The molecule has 0 fully saturated rings. The number of aliphatic hydroxyl groups excluding tert-OH is 1. The van der Waals surface area contributed by atoms with E-state index in [0.29, 0.717) is 46.6 Å². The van der Waals surface area contributed by atoms with E-state index in [2.05, 4.69) is 12.2 Å². The fourth-order valence-electron chi connectivity index (χ4n) is 3.04. The van der Waals surface area contributed by atoms with Crippen LogP contribution in [0.25, 0.3) is 21.9 Å². The number of ether oxygens (including phenoxy) is 2. The van der Waals surface area contributed by atoms with Gasteiger partial charge in [0.25, 0.3) is 0 Å². The van der Waals surface area contributed by atoms with Gasteiger partial charge >= 0.3 is 0 Å². The first-order chi connectivity index (χ1) is 13.6. The van der Waals surface area contributed by atoms with Crippen LogP contribution in [0.3, 0.4) is 0 Å². The SMILES string of the molecule is CCCCNCC(O)COc1cc(OCC)c2c(=O)c3ccccc3oc2c1. The van der Waals surface area contributed by atoms with Gasteiger partial charge in [-0.05, 0) is 32.0 Å². The number of para-hydroxylation sites is 1. The van der Waals surface area contributed by atoms with Crippen LogP contribution in [0.15, 0.2) is 45.6 Å². The van der Waals surface area contributed by atoms with Crippen LogP contribution in [0.1, 0.15) is 26.7 Å². The Balaban J connectivity index is 1.85. The summed E-state index contributed by atoms with van der Waals surface area (Å²) in [5.41, 5.74) is 0.784. The summed E-state index contributed by atoms with van der Waals surface area (Å²) in [7, 11) is 0. The summed E-state index contributed by atoms with van der Waals surface area (Å²) in [4.78, 5) is 12.9. The third kappa shape index (κ3) is 4.64. The molecule has 1 heterocycles. The number of rotatable bonds is 10. The Hall–Kier alpha value is -2.57. The summed E-state index contributed by atoms with van der Waals surface area (Å²) < 4.78 is 17.3. The lowest BCUT2D eigenvalue weighted by atomic mass is 10.1. The highest BCUT2D eigenvalue weighted by Gasteiger charge is 2.15. The number of fused-ring (bicyclic) bond motifs is 2. The highest BCUT2D eigenvalue weighted by atomic mass is 16.5. The van der Waals surface area contributed by atoms with Crippen molar-refractivity contribution in [2.75, 3.05) is 26.3 Å². The van der Waals surface area contributed by atoms with Gasteiger partial charge in [0, 0.05) is 18.7 Å². The van der Waals surface area contributed by atoms with Gasteiger partial charge in [0.1, 0.15) is 40.8 Å². The summed E-state index contributed by atoms with van der Waals surface area (Å²) in [6.07, 6.45) is 1.55. The molecule has 2 aromatic carbocycles. The molecule has 0 radical (unpaired) electrons. The van der Waals surface area contributed by atoms with Crippen molar-refractivity contribution in [1.29, 1.82) is 0 Å². The smallest absolute Gasteiger partial charge is 0.204 e. The predicted molar refractivity (Wildman–Crippen MR) is 110 cm³/mol. The molecule has 2 N–H and O–H groups in total. The second-order valence-electron chi connectivity index (χ2n) is 6.68. The molecule has 0 saturated carbocycles. The Morgan fingerprint density at radius 1 is 1.14 bits per heavy atom. The molecule has 150 valence electrons. The third-order valence-corrected chi connectivity index (χ3v) is 4.45. The first kappa shape index (κ1) is 20.2. The monoisotopic (exact) mass is 385 g/mol. The molecule has 0 spiro atoms.